The van der Waals surface area contributed by atoms with Gasteiger partial charge in [-0.15, -0.1) is 0 Å². The van der Waals surface area contributed by atoms with Crippen molar-refractivity contribution in [2.45, 2.75) is 24.8 Å². The predicted octanol–water partition coefficient (Wildman–Crippen LogP) is 3.15. The molecule has 162 valence electrons. The fraction of sp³-hybridized carbons (Fsp3) is 0.182. The van der Waals surface area contributed by atoms with Crippen LogP contribution in [0.25, 0.3) is 0 Å². The number of rotatable bonds is 9. The molecule has 0 bridgehead atoms. The number of carbonyl (C=O) groups excluding carboxylic acids is 2. The standard InChI is InChI=1S/C22H23N3O5S/c1-2-13-23-21(26)16-5-9-18(10-6-16)25-22(27)17-7-11-20(12-8-17)31(28,29)24-15-19-4-3-14-30-19/h3-12,14,24H,2,13,15H2,1H3,(H,23,26)(H,25,27). The lowest BCUT2D eigenvalue weighted by molar-refractivity contribution is 0.0953. The maximum atomic E-state index is 12.4. The summed E-state index contributed by atoms with van der Waals surface area (Å²) < 4.78 is 32.3. The molecule has 0 saturated heterocycles. The smallest absolute Gasteiger partial charge is 0.255 e. The first-order chi connectivity index (χ1) is 14.9. The molecule has 8 nitrogen and oxygen atoms in total. The summed E-state index contributed by atoms with van der Waals surface area (Å²) in [6.45, 7) is 2.60. The van der Waals surface area contributed by atoms with Gasteiger partial charge in [0.05, 0.1) is 17.7 Å². The average molecular weight is 442 g/mol. The van der Waals surface area contributed by atoms with Crippen molar-refractivity contribution >= 4 is 27.5 Å². The molecule has 0 unspecified atom stereocenters. The Kier molecular flexibility index (Phi) is 7.22. The molecule has 0 aliphatic carbocycles. The fourth-order valence-electron chi connectivity index (χ4n) is 2.70. The average Bonchev–Trinajstić information content (AvgIpc) is 3.30. The molecular weight excluding hydrogens is 418 g/mol. The van der Waals surface area contributed by atoms with Crippen LogP contribution in [0.2, 0.25) is 0 Å². The molecule has 9 heteroatoms. The summed E-state index contributed by atoms with van der Waals surface area (Å²) in [4.78, 5) is 24.4. The van der Waals surface area contributed by atoms with Crippen LogP contribution in [0.4, 0.5) is 5.69 Å². The monoisotopic (exact) mass is 441 g/mol. The van der Waals surface area contributed by atoms with Gasteiger partial charge in [0.25, 0.3) is 11.8 Å². The number of nitrogens with one attached hydrogen (secondary N) is 3. The van der Waals surface area contributed by atoms with Crippen LogP contribution >= 0.6 is 0 Å². The first-order valence-corrected chi connectivity index (χ1v) is 11.2. The number of carbonyl (C=O) groups is 2. The van der Waals surface area contributed by atoms with Gasteiger partial charge in [0.1, 0.15) is 5.76 Å². The van der Waals surface area contributed by atoms with E-state index >= 15 is 0 Å². The molecule has 3 rings (SSSR count). The van der Waals surface area contributed by atoms with Crippen LogP contribution in [0.1, 0.15) is 39.8 Å². The Hall–Kier alpha value is -3.43. The number of amides is 2. The highest BCUT2D eigenvalue weighted by molar-refractivity contribution is 7.89. The van der Waals surface area contributed by atoms with E-state index in [-0.39, 0.29) is 17.3 Å². The number of furan rings is 1. The highest BCUT2D eigenvalue weighted by atomic mass is 32.2. The van der Waals surface area contributed by atoms with Crippen LogP contribution in [-0.4, -0.2) is 26.8 Å². The van der Waals surface area contributed by atoms with E-state index in [2.05, 4.69) is 15.4 Å². The Morgan fingerprint density at radius 1 is 0.903 bits per heavy atom. The molecule has 2 amide bonds. The van der Waals surface area contributed by atoms with Gasteiger partial charge >= 0.3 is 0 Å². The third-order valence-corrected chi connectivity index (χ3v) is 5.80. The molecule has 0 radical (unpaired) electrons. The van der Waals surface area contributed by atoms with Gasteiger partial charge in [0.2, 0.25) is 10.0 Å². The molecule has 2 aromatic carbocycles. The third-order valence-electron chi connectivity index (χ3n) is 4.38. The van der Waals surface area contributed by atoms with E-state index in [1.807, 2.05) is 6.92 Å². The molecule has 1 heterocycles. The van der Waals surface area contributed by atoms with Crippen LogP contribution in [0.15, 0.2) is 76.2 Å². The summed E-state index contributed by atoms with van der Waals surface area (Å²) >= 11 is 0. The lowest BCUT2D eigenvalue weighted by Gasteiger charge is -2.09. The second-order valence-electron chi connectivity index (χ2n) is 6.72. The summed E-state index contributed by atoms with van der Waals surface area (Å²) in [6.07, 6.45) is 2.31. The molecule has 3 aromatic rings. The van der Waals surface area contributed by atoms with E-state index in [0.29, 0.717) is 29.1 Å². The van der Waals surface area contributed by atoms with Gasteiger partial charge in [-0.25, -0.2) is 13.1 Å². The quantitative estimate of drug-likeness (QED) is 0.472. The maximum absolute atomic E-state index is 12.4. The van der Waals surface area contributed by atoms with Gasteiger partial charge in [-0.1, -0.05) is 6.92 Å². The Morgan fingerprint density at radius 3 is 2.16 bits per heavy atom. The van der Waals surface area contributed by atoms with Crippen molar-refractivity contribution < 1.29 is 22.4 Å². The number of sulfonamides is 1. The minimum absolute atomic E-state index is 0.0318. The van der Waals surface area contributed by atoms with Gasteiger partial charge in [-0.3, -0.25) is 9.59 Å². The van der Waals surface area contributed by atoms with Crippen molar-refractivity contribution in [3.63, 3.8) is 0 Å². The molecule has 3 N–H and O–H groups in total. The summed E-state index contributed by atoms with van der Waals surface area (Å²) in [5.74, 6) is -0.0682. The molecule has 0 atom stereocenters. The molecule has 0 aliphatic rings. The maximum Gasteiger partial charge on any atom is 0.255 e. The molecule has 1 aromatic heterocycles. The van der Waals surface area contributed by atoms with Crippen molar-refractivity contribution in [3.8, 4) is 0 Å². The number of hydrogen-bond donors (Lipinski definition) is 3. The molecule has 0 saturated carbocycles. The van der Waals surface area contributed by atoms with E-state index in [4.69, 9.17) is 4.42 Å². The van der Waals surface area contributed by atoms with Crippen molar-refractivity contribution in [1.29, 1.82) is 0 Å². The molecule has 0 spiro atoms. The zero-order valence-electron chi connectivity index (χ0n) is 16.9. The first-order valence-electron chi connectivity index (χ1n) is 9.71. The second-order valence-corrected chi connectivity index (χ2v) is 8.48. The fourth-order valence-corrected chi connectivity index (χ4v) is 3.69. The lowest BCUT2D eigenvalue weighted by atomic mass is 10.1. The van der Waals surface area contributed by atoms with Crippen LogP contribution in [0, 0.1) is 0 Å². The van der Waals surface area contributed by atoms with Crippen LogP contribution < -0.4 is 15.4 Å². The zero-order valence-corrected chi connectivity index (χ0v) is 17.7. The van der Waals surface area contributed by atoms with Gasteiger partial charge in [-0.2, -0.15) is 0 Å². The number of benzene rings is 2. The Morgan fingerprint density at radius 2 is 1.55 bits per heavy atom. The van der Waals surface area contributed by atoms with Crippen molar-refractivity contribution in [2.24, 2.45) is 0 Å². The van der Waals surface area contributed by atoms with E-state index < -0.39 is 15.9 Å². The number of anilines is 1. The van der Waals surface area contributed by atoms with Gasteiger partial charge in [0, 0.05) is 23.4 Å². The predicted molar refractivity (Wildman–Crippen MR) is 116 cm³/mol. The van der Waals surface area contributed by atoms with Crippen molar-refractivity contribution in [3.05, 3.63) is 83.8 Å². The van der Waals surface area contributed by atoms with Crippen molar-refractivity contribution in [1.82, 2.24) is 10.0 Å². The molecule has 0 fully saturated rings. The number of hydrogen-bond acceptors (Lipinski definition) is 5. The summed E-state index contributed by atoms with van der Waals surface area (Å²) in [6, 6.07) is 15.5. The van der Waals surface area contributed by atoms with Crippen molar-refractivity contribution in [2.75, 3.05) is 11.9 Å². The van der Waals surface area contributed by atoms with Crippen LogP contribution in [0.3, 0.4) is 0 Å². The summed E-state index contributed by atoms with van der Waals surface area (Å²) in [7, 11) is -3.74. The zero-order chi connectivity index (χ0) is 22.3. The first kappa shape index (κ1) is 22.3. The normalized spacial score (nSPS) is 11.1. The lowest BCUT2D eigenvalue weighted by Crippen LogP contribution is -2.24. The minimum atomic E-state index is -3.74. The molecule has 31 heavy (non-hydrogen) atoms. The largest absolute Gasteiger partial charge is 0.468 e. The SMILES string of the molecule is CCCNC(=O)c1ccc(NC(=O)c2ccc(S(=O)(=O)NCc3ccco3)cc2)cc1. The molecule has 0 aliphatic heterocycles. The van der Waals surface area contributed by atoms with Crippen LogP contribution in [0.5, 0.6) is 0 Å². The van der Waals surface area contributed by atoms with E-state index in [0.717, 1.165) is 6.42 Å². The minimum Gasteiger partial charge on any atom is -0.468 e. The Labute approximate surface area is 180 Å². The van der Waals surface area contributed by atoms with E-state index in [1.54, 1.807) is 36.4 Å². The van der Waals surface area contributed by atoms with E-state index in [1.165, 1.54) is 30.5 Å². The summed E-state index contributed by atoms with van der Waals surface area (Å²) in [5.41, 5.74) is 1.33. The highest BCUT2D eigenvalue weighted by Gasteiger charge is 2.15. The Balaban J connectivity index is 1.60. The third kappa shape index (κ3) is 6.03. The van der Waals surface area contributed by atoms with Gasteiger partial charge < -0.3 is 15.1 Å². The van der Waals surface area contributed by atoms with Crippen LogP contribution in [-0.2, 0) is 16.6 Å². The second kappa shape index (κ2) is 10.1. The van der Waals surface area contributed by atoms with Gasteiger partial charge in [-0.05, 0) is 67.1 Å². The topological polar surface area (TPSA) is 118 Å². The van der Waals surface area contributed by atoms with E-state index in [9.17, 15) is 18.0 Å². The Bertz CT molecular complexity index is 1120. The molecular formula is C22H23N3O5S. The highest BCUT2D eigenvalue weighted by Crippen LogP contribution is 2.15. The summed E-state index contributed by atoms with van der Waals surface area (Å²) in [5, 5.41) is 5.50. The van der Waals surface area contributed by atoms with Gasteiger partial charge in [0.15, 0.2) is 0 Å².